The summed E-state index contributed by atoms with van der Waals surface area (Å²) in [5, 5.41) is 5.28. The highest BCUT2D eigenvalue weighted by molar-refractivity contribution is 9.09. The van der Waals surface area contributed by atoms with Crippen LogP contribution in [0, 0.1) is 0 Å². The highest BCUT2D eigenvalue weighted by Gasteiger charge is 2.21. The van der Waals surface area contributed by atoms with Gasteiger partial charge in [-0.1, -0.05) is 29.8 Å². The van der Waals surface area contributed by atoms with Crippen LogP contribution in [0.5, 0.6) is 0 Å². The molecule has 0 aliphatic heterocycles. The highest BCUT2D eigenvalue weighted by atomic mass is 79.9. The molecular weight excluding hydrogens is 204 g/mol. The fourth-order valence-corrected chi connectivity index (χ4v) is 1.13. The Morgan fingerprint density at radius 3 is 2.64 bits per heavy atom. The molecule has 0 amide bonds. The molecule has 0 spiro atoms. The van der Waals surface area contributed by atoms with Crippen molar-refractivity contribution < 1.29 is 0 Å². The van der Waals surface area contributed by atoms with Gasteiger partial charge in [-0.05, 0) is 6.07 Å². The van der Waals surface area contributed by atoms with Crippen LogP contribution in [-0.4, -0.2) is 15.1 Å². The van der Waals surface area contributed by atoms with E-state index in [2.05, 4.69) is 40.9 Å². The number of hydrogen-bond donors (Lipinski definition) is 0. The van der Waals surface area contributed by atoms with Crippen LogP contribution >= 0.6 is 15.9 Å². The van der Waals surface area contributed by atoms with Gasteiger partial charge in [0.1, 0.15) is 0 Å². The lowest BCUT2D eigenvalue weighted by Crippen LogP contribution is -2.19. The van der Waals surface area contributed by atoms with E-state index in [9.17, 15) is 0 Å². The lowest BCUT2D eigenvalue weighted by Gasteiger charge is -2.17. The summed E-state index contributed by atoms with van der Waals surface area (Å²) in [4.78, 5) is 0. The Morgan fingerprint density at radius 2 is 2.27 bits per heavy atom. The van der Waals surface area contributed by atoms with E-state index in [1.165, 1.54) is 0 Å². The maximum absolute atomic E-state index is 4.34. The number of aryl methyl sites for hydroxylation is 1. The van der Waals surface area contributed by atoms with Gasteiger partial charge in [0.25, 0.3) is 0 Å². The van der Waals surface area contributed by atoms with Crippen molar-refractivity contribution in [2.24, 2.45) is 7.05 Å². The van der Waals surface area contributed by atoms with Crippen LogP contribution in [-0.2, 0) is 12.5 Å². The van der Waals surface area contributed by atoms with E-state index < -0.39 is 0 Å². The maximum Gasteiger partial charge on any atom is 0.0688 e. The number of aromatic nitrogens is 2. The van der Waals surface area contributed by atoms with E-state index >= 15 is 0 Å². The lowest BCUT2D eigenvalue weighted by molar-refractivity contribution is 0.566. The molecule has 0 aromatic carbocycles. The van der Waals surface area contributed by atoms with Crippen LogP contribution in [0.15, 0.2) is 12.3 Å². The van der Waals surface area contributed by atoms with Gasteiger partial charge in [-0.2, -0.15) is 5.10 Å². The zero-order valence-electron chi connectivity index (χ0n) is 7.13. The molecule has 62 valence electrons. The van der Waals surface area contributed by atoms with Gasteiger partial charge >= 0.3 is 0 Å². The third-order valence-electron chi connectivity index (χ3n) is 1.74. The van der Waals surface area contributed by atoms with Gasteiger partial charge in [0.2, 0.25) is 0 Å². The van der Waals surface area contributed by atoms with E-state index in [0.29, 0.717) is 0 Å². The van der Waals surface area contributed by atoms with Crippen LogP contribution in [0.3, 0.4) is 0 Å². The zero-order valence-corrected chi connectivity index (χ0v) is 8.72. The second-order valence-electron chi connectivity index (χ2n) is 3.39. The van der Waals surface area contributed by atoms with Crippen LogP contribution in [0.4, 0.5) is 0 Å². The third kappa shape index (κ3) is 1.83. The number of halogens is 1. The number of alkyl halides is 1. The Hall–Kier alpha value is -0.310. The molecule has 2 nitrogen and oxygen atoms in total. The first-order chi connectivity index (χ1) is 5.06. The van der Waals surface area contributed by atoms with Gasteiger partial charge in [-0.15, -0.1) is 0 Å². The first kappa shape index (κ1) is 8.78. The topological polar surface area (TPSA) is 17.8 Å². The minimum atomic E-state index is 0.140. The molecule has 0 saturated carbocycles. The Kier molecular flexibility index (Phi) is 2.37. The van der Waals surface area contributed by atoms with E-state index in [-0.39, 0.29) is 5.41 Å². The maximum atomic E-state index is 4.34. The molecule has 1 rings (SSSR count). The summed E-state index contributed by atoms with van der Waals surface area (Å²) in [7, 11) is 1.94. The quantitative estimate of drug-likeness (QED) is 0.693. The highest BCUT2D eigenvalue weighted by Crippen LogP contribution is 2.22. The zero-order chi connectivity index (χ0) is 8.48. The number of hydrogen-bond acceptors (Lipinski definition) is 1. The molecule has 0 aliphatic carbocycles. The Bertz CT molecular complexity index is 240. The SMILES string of the molecule is Cn1ccc(C(C)(C)CBr)n1. The normalized spacial score (nSPS) is 12.0. The Morgan fingerprint density at radius 1 is 1.64 bits per heavy atom. The van der Waals surface area contributed by atoms with Crippen molar-refractivity contribution in [2.75, 3.05) is 5.33 Å². The Labute approximate surface area is 75.7 Å². The van der Waals surface area contributed by atoms with Crippen molar-refractivity contribution in [3.05, 3.63) is 18.0 Å². The molecule has 0 N–H and O–H groups in total. The van der Waals surface area contributed by atoms with Gasteiger partial charge in [-0.3, -0.25) is 4.68 Å². The van der Waals surface area contributed by atoms with Gasteiger partial charge in [0, 0.05) is 24.0 Å². The smallest absolute Gasteiger partial charge is 0.0688 e. The summed E-state index contributed by atoms with van der Waals surface area (Å²) < 4.78 is 1.83. The van der Waals surface area contributed by atoms with Crippen molar-refractivity contribution in [3.63, 3.8) is 0 Å². The van der Waals surface area contributed by atoms with E-state index in [0.717, 1.165) is 11.0 Å². The molecule has 1 aromatic heterocycles. The van der Waals surface area contributed by atoms with E-state index in [1.807, 2.05) is 17.9 Å². The molecule has 11 heavy (non-hydrogen) atoms. The molecule has 1 aromatic rings. The second-order valence-corrected chi connectivity index (χ2v) is 3.95. The van der Waals surface area contributed by atoms with Crippen LogP contribution in [0.1, 0.15) is 19.5 Å². The summed E-state index contributed by atoms with van der Waals surface area (Å²) >= 11 is 3.47. The standard InChI is InChI=1S/C8H13BrN2/c1-8(2,6-9)7-4-5-11(3)10-7/h4-5H,6H2,1-3H3. The fourth-order valence-electron chi connectivity index (χ4n) is 0.844. The van der Waals surface area contributed by atoms with Crippen molar-refractivity contribution in [2.45, 2.75) is 19.3 Å². The largest absolute Gasteiger partial charge is 0.276 e. The molecule has 0 fully saturated rings. The van der Waals surface area contributed by atoms with Crippen molar-refractivity contribution in [3.8, 4) is 0 Å². The molecule has 1 heterocycles. The van der Waals surface area contributed by atoms with Gasteiger partial charge in [0.05, 0.1) is 5.69 Å². The first-order valence-corrected chi connectivity index (χ1v) is 4.74. The molecule has 0 atom stereocenters. The fraction of sp³-hybridized carbons (Fsp3) is 0.625. The predicted octanol–water partition coefficient (Wildman–Crippen LogP) is 2.09. The molecule has 0 aliphatic rings. The lowest BCUT2D eigenvalue weighted by atomic mass is 9.93. The van der Waals surface area contributed by atoms with Gasteiger partial charge in [0.15, 0.2) is 0 Å². The minimum absolute atomic E-state index is 0.140. The van der Waals surface area contributed by atoms with Gasteiger partial charge < -0.3 is 0 Å². The Balaban J connectivity index is 2.92. The molecule has 0 unspecified atom stereocenters. The van der Waals surface area contributed by atoms with Crippen LogP contribution in [0.25, 0.3) is 0 Å². The van der Waals surface area contributed by atoms with Crippen molar-refractivity contribution in [1.29, 1.82) is 0 Å². The summed E-state index contributed by atoms with van der Waals surface area (Å²) in [5.41, 5.74) is 1.28. The van der Waals surface area contributed by atoms with E-state index in [1.54, 1.807) is 0 Å². The monoisotopic (exact) mass is 216 g/mol. The van der Waals surface area contributed by atoms with Gasteiger partial charge in [-0.25, -0.2) is 0 Å². The van der Waals surface area contributed by atoms with Crippen LogP contribution < -0.4 is 0 Å². The molecule has 3 heteroatoms. The molecular formula is C8H13BrN2. The van der Waals surface area contributed by atoms with E-state index in [4.69, 9.17) is 0 Å². The third-order valence-corrected chi connectivity index (χ3v) is 3.14. The average molecular weight is 217 g/mol. The number of nitrogens with zero attached hydrogens (tertiary/aromatic N) is 2. The van der Waals surface area contributed by atoms with Crippen LogP contribution in [0.2, 0.25) is 0 Å². The summed E-state index contributed by atoms with van der Waals surface area (Å²) in [6, 6.07) is 2.06. The van der Waals surface area contributed by atoms with Crippen molar-refractivity contribution >= 4 is 15.9 Å². The second kappa shape index (κ2) is 2.97. The summed E-state index contributed by atoms with van der Waals surface area (Å²) in [6.45, 7) is 4.34. The average Bonchev–Trinajstić information content (AvgIpc) is 2.36. The summed E-state index contributed by atoms with van der Waals surface area (Å²) in [6.07, 6.45) is 1.97. The number of rotatable bonds is 2. The summed E-state index contributed by atoms with van der Waals surface area (Å²) in [5.74, 6) is 0. The predicted molar refractivity (Wildman–Crippen MR) is 50.0 cm³/mol. The minimum Gasteiger partial charge on any atom is -0.276 e. The molecule has 0 saturated heterocycles. The molecule has 0 radical (unpaired) electrons. The molecule has 0 bridgehead atoms. The first-order valence-electron chi connectivity index (χ1n) is 3.62. The van der Waals surface area contributed by atoms with Crippen molar-refractivity contribution in [1.82, 2.24) is 9.78 Å².